The van der Waals surface area contributed by atoms with Crippen molar-refractivity contribution in [2.45, 2.75) is 13.1 Å². The van der Waals surface area contributed by atoms with E-state index in [0.29, 0.717) is 12.2 Å². The number of nitrogens with zero attached hydrogens (tertiary/aromatic N) is 2. The van der Waals surface area contributed by atoms with Crippen LogP contribution in [-0.2, 0) is 13.1 Å². The first-order chi connectivity index (χ1) is 9.56. The standard InChI is InChI=1S/C15H18ClN3O/c1-18(10-12-4-2-3-5-14(12)16)8-9-19-11-13(17)6-7-15(19)20/h2-7,11H,8-10,17H2,1H3. The molecule has 1 heterocycles. The largest absolute Gasteiger partial charge is 0.398 e. The maximum absolute atomic E-state index is 11.7. The molecule has 0 aliphatic carbocycles. The second-order valence-electron chi connectivity index (χ2n) is 4.82. The van der Waals surface area contributed by atoms with Gasteiger partial charge in [0.15, 0.2) is 0 Å². The van der Waals surface area contributed by atoms with Gasteiger partial charge in [0.25, 0.3) is 5.56 Å². The molecule has 106 valence electrons. The summed E-state index contributed by atoms with van der Waals surface area (Å²) in [5.41, 5.74) is 7.33. The molecule has 2 rings (SSSR count). The van der Waals surface area contributed by atoms with E-state index in [1.807, 2.05) is 31.3 Å². The van der Waals surface area contributed by atoms with Crippen molar-refractivity contribution in [2.75, 3.05) is 19.3 Å². The molecule has 4 nitrogen and oxygen atoms in total. The monoisotopic (exact) mass is 291 g/mol. The molecule has 2 N–H and O–H groups in total. The van der Waals surface area contributed by atoms with Crippen LogP contribution in [-0.4, -0.2) is 23.1 Å². The molecule has 20 heavy (non-hydrogen) atoms. The van der Waals surface area contributed by atoms with Gasteiger partial charge in [-0.05, 0) is 24.7 Å². The van der Waals surface area contributed by atoms with E-state index < -0.39 is 0 Å². The summed E-state index contributed by atoms with van der Waals surface area (Å²) in [5, 5.41) is 0.764. The van der Waals surface area contributed by atoms with Crippen molar-refractivity contribution < 1.29 is 0 Å². The lowest BCUT2D eigenvalue weighted by Gasteiger charge is -2.18. The fraction of sp³-hybridized carbons (Fsp3) is 0.267. The number of hydrogen-bond donors (Lipinski definition) is 1. The van der Waals surface area contributed by atoms with Gasteiger partial charge in [0.2, 0.25) is 0 Å². The van der Waals surface area contributed by atoms with Gasteiger partial charge in [-0.15, -0.1) is 0 Å². The molecule has 0 aliphatic rings. The maximum atomic E-state index is 11.7. The summed E-state index contributed by atoms with van der Waals surface area (Å²) in [6.07, 6.45) is 1.67. The van der Waals surface area contributed by atoms with Gasteiger partial charge in [0.05, 0.1) is 0 Å². The van der Waals surface area contributed by atoms with Crippen LogP contribution in [0.1, 0.15) is 5.56 Å². The lowest BCUT2D eigenvalue weighted by Crippen LogP contribution is -2.28. The first-order valence-electron chi connectivity index (χ1n) is 6.44. The summed E-state index contributed by atoms with van der Waals surface area (Å²) < 4.78 is 1.62. The van der Waals surface area contributed by atoms with Crippen LogP contribution in [0.2, 0.25) is 5.02 Å². The summed E-state index contributed by atoms with van der Waals surface area (Å²) in [7, 11) is 2.00. The molecular formula is C15H18ClN3O. The van der Waals surface area contributed by atoms with Crippen molar-refractivity contribution in [3.63, 3.8) is 0 Å². The lowest BCUT2D eigenvalue weighted by molar-refractivity contribution is 0.310. The van der Waals surface area contributed by atoms with Gasteiger partial charge in [0, 0.05) is 42.6 Å². The summed E-state index contributed by atoms with van der Waals surface area (Å²) >= 11 is 6.13. The molecule has 0 fully saturated rings. The molecule has 0 saturated heterocycles. The third-order valence-electron chi connectivity index (χ3n) is 3.13. The second kappa shape index (κ2) is 6.59. The molecule has 1 aromatic heterocycles. The van der Waals surface area contributed by atoms with E-state index in [2.05, 4.69) is 4.90 Å². The molecule has 0 unspecified atom stereocenters. The Labute approximate surface area is 123 Å². The highest BCUT2D eigenvalue weighted by atomic mass is 35.5. The minimum absolute atomic E-state index is 0.0367. The van der Waals surface area contributed by atoms with Crippen molar-refractivity contribution in [1.82, 2.24) is 9.47 Å². The van der Waals surface area contributed by atoms with Gasteiger partial charge in [-0.2, -0.15) is 0 Å². The molecular weight excluding hydrogens is 274 g/mol. The van der Waals surface area contributed by atoms with Gasteiger partial charge in [-0.3, -0.25) is 4.79 Å². The van der Waals surface area contributed by atoms with Crippen molar-refractivity contribution in [3.05, 3.63) is 63.5 Å². The maximum Gasteiger partial charge on any atom is 0.250 e. The molecule has 0 bridgehead atoms. The highest BCUT2D eigenvalue weighted by Crippen LogP contribution is 2.16. The van der Waals surface area contributed by atoms with Gasteiger partial charge in [-0.1, -0.05) is 29.8 Å². The Morgan fingerprint density at radius 1 is 1.25 bits per heavy atom. The minimum atomic E-state index is -0.0367. The average Bonchev–Trinajstić information content (AvgIpc) is 2.42. The van der Waals surface area contributed by atoms with Crippen molar-refractivity contribution in [1.29, 1.82) is 0 Å². The van der Waals surface area contributed by atoms with Crippen LogP contribution in [0.4, 0.5) is 5.69 Å². The van der Waals surface area contributed by atoms with Crippen LogP contribution in [0.15, 0.2) is 47.4 Å². The number of rotatable bonds is 5. The Morgan fingerprint density at radius 3 is 2.75 bits per heavy atom. The van der Waals surface area contributed by atoms with Gasteiger partial charge < -0.3 is 15.2 Å². The predicted octanol–water partition coefficient (Wildman–Crippen LogP) is 2.22. The highest BCUT2D eigenvalue weighted by Gasteiger charge is 2.04. The third kappa shape index (κ3) is 3.85. The Kier molecular flexibility index (Phi) is 4.82. The SMILES string of the molecule is CN(CCn1cc(N)ccc1=O)Cc1ccccc1Cl. The summed E-state index contributed by atoms with van der Waals surface area (Å²) in [5.74, 6) is 0. The number of anilines is 1. The van der Waals surface area contributed by atoms with Crippen LogP contribution in [0.25, 0.3) is 0 Å². The van der Waals surface area contributed by atoms with Crippen molar-refractivity contribution >= 4 is 17.3 Å². The minimum Gasteiger partial charge on any atom is -0.398 e. The quantitative estimate of drug-likeness (QED) is 0.919. The van der Waals surface area contributed by atoms with E-state index in [1.54, 1.807) is 16.8 Å². The van der Waals surface area contributed by atoms with Crippen molar-refractivity contribution in [2.24, 2.45) is 0 Å². The van der Waals surface area contributed by atoms with E-state index in [4.69, 9.17) is 17.3 Å². The smallest absolute Gasteiger partial charge is 0.250 e. The number of benzene rings is 1. The van der Waals surface area contributed by atoms with E-state index in [-0.39, 0.29) is 5.56 Å². The molecule has 5 heteroatoms. The molecule has 0 amide bonds. The predicted molar refractivity (Wildman–Crippen MR) is 82.9 cm³/mol. The first kappa shape index (κ1) is 14.6. The molecule has 0 spiro atoms. The van der Waals surface area contributed by atoms with Crippen LogP contribution < -0.4 is 11.3 Å². The van der Waals surface area contributed by atoms with Gasteiger partial charge in [-0.25, -0.2) is 0 Å². The number of nitrogens with two attached hydrogens (primary N) is 1. The fourth-order valence-corrected chi connectivity index (χ4v) is 2.20. The van der Waals surface area contributed by atoms with E-state index >= 15 is 0 Å². The van der Waals surface area contributed by atoms with Crippen LogP contribution in [0.5, 0.6) is 0 Å². The van der Waals surface area contributed by atoms with Gasteiger partial charge >= 0.3 is 0 Å². The Balaban J connectivity index is 1.96. The molecule has 0 radical (unpaired) electrons. The number of nitrogen functional groups attached to an aromatic ring is 1. The summed E-state index contributed by atoms with van der Waals surface area (Å²) in [4.78, 5) is 13.8. The van der Waals surface area contributed by atoms with Gasteiger partial charge in [0.1, 0.15) is 0 Å². The zero-order chi connectivity index (χ0) is 14.5. The highest BCUT2D eigenvalue weighted by molar-refractivity contribution is 6.31. The number of hydrogen-bond acceptors (Lipinski definition) is 3. The Bertz CT molecular complexity index is 639. The van der Waals surface area contributed by atoms with Crippen LogP contribution >= 0.6 is 11.6 Å². The molecule has 0 aliphatic heterocycles. The normalized spacial score (nSPS) is 10.9. The summed E-state index contributed by atoms with van der Waals surface area (Å²) in [6, 6.07) is 10.9. The number of pyridine rings is 1. The topological polar surface area (TPSA) is 51.3 Å². The average molecular weight is 292 g/mol. The third-order valence-corrected chi connectivity index (χ3v) is 3.50. The first-order valence-corrected chi connectivity index (χ1v) is 6.82. The zero-order valence-corrected chi connectivity index (χ0v) is 12.2. The van der Waals surface area contributed by atoms with Crippen LogP contribution in [0.3, 0.4) is 0 Å². The Hall–Kier alpha value is -1.78. The molecule has 1 aromatic carbocycles. The number of halogens is 1. The second-order valence-corrected chi connectivity index (χ2v) is 5.23. The van der Waals surface area contributed by atoms with Crippen LogP contribution in [0, 0.1) is 0 Å². The van der Waals surface area contributed by atoms with E-state index in [9.17, 15) is 4.79 Å². The Morgan fingerprint density at radius 2 is 2.00 bits per heavy atom. The fourth-order valence-electron chi connectivity index (χ4n) is 2.00. The summed E-state index contributed by atoms with van der Waals surface area (Å²) in [6.45, 7) is 2.09. The zero-order valence-electron chi connectivity index (χ0n) is 11.4. The lowest BCUT2D eigenvalue weighted by atomic mass is 10.2. The number of aromatic nitrogens is 1. The van der Waals surface area contributed by atoms with Crippen molar-refractivity contribution in [3.8, 4) is 0 Å². The molecule has 0 saturated carbocycles. The van der Waals surface area contributed by atoms with E-state index in [1.165, 1.54) is 6.07 Å². The molecule has 0 atom stereocenters. The number of likely N-dealkylation sites (N-methyl/N-ethyl adjacent to an activating group) is 1. The molecule has 2 aromatic rings. The van der Waals surface area contributed by atoms with E-state index in [0.717, 1.165) is 23.7 Å².